The Morgan fingerprint density at radius 3 is 2.25 bits per heavy atom. The quantitative estimate of drug-likeness (QED) is 0.211. The van der Waals surface area contributed by atoms with E-state index in [4.69, 9.17) is 9.15 Å². The predicted octanol–water partition coefficient (Wildman–Crippen LogP) is 8.44. The summed E-state index contributed by atoms with van der Waals surface area (Å²) in [4.78, 5) is 21.4. The SMILES string of the molecule is C=C(OC(C)(C)C)N1CCN(C(C)=O)[C@@H](c2ccccc2)C1.C=S(NC1CCCCC1)c1ccc(-c2ncco2)cc1.CC. The van der Waals surface area contributed by atoms with Crippen molar-refractivity contribution in [3.63, 3.8) is 0 Å². The Morgan fingerprint density at radius 1 is 1.02 bits per heavy atom. The minimum Gasteiger partial charge on any atom is -0.474 e. The summed E-state index contributed by atoms with van der Waals surface area (Å²) in [6.45, 7) is 17.9. The standard InChI is InChI=1S/C18H26N2O2.C16H20N2OS.C2H6/c1-14(21)20-12-11-19(15(2)22-18(3,4)5)13-17(20)16-9-7-6-8-10-16;1-20(18-14-5-3-2-4-6-14)15-9-7-13(8-10-15)16-17-11-12-19-16;1-2/h6-10,17H,2,11-13H2,1,3-5H3;7-12,14,18H,1-6H2;1-2H3/t17-;;/m1../s1. The first-order valence-electron chi connectivity index (χ1n) is 15.9. The maximum absolute atomic E-state index is 11.9. The molecule has 1 saturated carbocycles. The fourth-order valence-electron chi connectivity index (χ4n) is 5.38. The zero-order valence-corrected chi connectivity index (χ0v) is 28.4. The van der Waals surface area contributed by atoms with E-state index in [0.29, 0.717) is 30.9 Å². The number of carbonyl (C=O) groups is 1. The van der Waals surface area contributed by atoms with Crippen molar-refractivity contribution < 1.29 is 13.9 Å². The maximum atomic E-state index is 11.9. The number of hydrogen-bond acceptors (Lipinski definition) is 6. The van der Waals surface area contributed by atoms with Crippen LogP contribution in [-0.2, 0) is 9.53 Å². The maximum Gasteiger partial charge on any atom is 0.225 e. The summed E-state index contributed by atoms with van der Waals surface area (Å²) in [5, 5.41) is 0. The van der Waals surface area contributed by atoms with Gasteiger partial charge < -0.3 is 19.0 Å². The summed E-state index contributed by atoms with van der Waals surface area (Å²) in [7, 11) is -0.137. The van der Waals surface area contributed by atoms with Crippen LogP contribution < -0.4 is 4.72 Å². The lowest BCUT2D eigenvalue weighted by molar-refractivity contribution is -0.134. The second-order valence-corrected chi connectivity index (χ2v) is 13.4. The fraction of sp³-hybridized carbons (Fsp3) is 0.472. The van der Waals surface area contributed by atoms with Crippen LogP contribution in [-0.4, -0.2) is 57.8 Å². The Labute approximate surface area is 267 Å². The molecule has 2 fully saturated rings. The summed E-state index contributed by atoms with van der Waals surface area (Å²) >= 11 is 0. The van der Waals surface area contributed by atoms with Crippen molar-refractivity contribution >= 4 is 22.4 Å². The molecule has 1 saturated heterocycles. The number of nitrogens with zero attached hydrogens (tertiary/aromatic N) is 3. The molecule has 5 rings (SSSR count). The number of piperazine rings is 1. The summed E-state index contributed by atoms with van der Waals surface area (Å²) < 4.78 is 14.9. The van der Waals surface area contributed by atoms with Crippen molar-refractivity contribution in [3.05, 3.63) is 85.1 Å². The third kappa shape index (κ3) is 10.7. The average Bonchev–Trinajstić information content (AvgIpc) is 3.58. The van der Waals surface area contributed by atoms with Gasteiger partial charge in [0.15, 0.2) is 5.88 Å². The van der Waals surface area contributed by atoms with Crippen LogP contribution in [0.15, 0.2) is 88.8 Å². The van der Waals surface area contributed by atoms with Crippen molar-refractivity contribution in [3.8, 4) is 11.5 Å². The van der Waals surface area contributed by atoms with Gasteiger partial charge in [-0.25, -0.2) is 4.98 Å². The van der Waals surface area contributed by atoms with Crippen LogP contribution in [0.4, 0.5) is 0 Å². The van der Waals surface area contributed by atoms with Crippen LogP contribution in [0, 0.1) is 0 Å². The number of hydrogen-bond donors (Lipinski definition) is 1. The summed E-state index contributed by atoms with van der Waals surface area (Å²) in [6.07, 6.45) is 9.91. The van der Waals surface area contributed by atoms with Crippen LogP contribution >= 0.6 is 10.7 Å². The molecule has 3 aromatic rings. The first-order valence-corrected chi connectivity index (χ1v) is 17.2. The van der Waals surface area contributed by atoms with E-state index in [1.807, 2.05) is 57.7 Å². The molecule has 1 amide bonds. The smallest absolute Gasteiger partial charge is 0.225 e. The summed E-state index contributed by atoms with van der Waals surface area (Å²) in [5.41, 5.74) is 1.89. The summed E-state index contributed by atoms with van der Waals surface area (Å²) in [5.74, 6) is 5.72. The number of amides is 1. The van der Waals surface area contributed by atoms with Crippen molar-refractivity contribution in [2.75, 3.05) is 19.6 Å². The molecule has 2 aliphatic rings. The summed E-state index contributed by atoms with van der Waals surface area (Å²) in [6, 6.07) is 19.1. The number of aromatic nitrogens is 1. The van der Waals surface area contributed by atoms with Crippen LogP contribution in [0.5, 0.6) is 0 Å². The number of carbonyl (C=O) groups excluding carboxylic acids is 1. The molecule has 1 aliphatic heterocycles. The van der Waals surface area contributed by atoms with E-state index in [9.17, 15) is 4.79 Å². The second kappa shape index (κ2) is 17.2. The van der Waals surface area contributed by atoms with Gasteiger partial charge in [0.1, 0.15) is 11.9 Å². The lowest BCUT2D eigenvalue weighted by Crippen LogP contribution is -2.50. The molecule has 0 spiro atoms. The molecule has 0 radical (unpaired) electrons. The Morgan fingerprint density at radius 2 is 1.68 bits per heavy atom. The third-order valence-corrected chi connectivity index (χ3v) is 8.94. The molecule has 8 heteroatoms. The van der Waals surface area contributed by atoms with E-state index in [-0.39, 0.29) is 28.2 Å². The molecule has 1 aliphatic carbocycles. The van der Waals surface area contributed by atoms with Crippen LogP contribution in [0.1, 0.15) is 85.3 Å². The molecule has 2 heterocycles. The van der Waals surface area contributed by atoms with Gasteiger partial charge in [-0.1, -0.05) is 80.0 Å². The van der Waals surface area contributed by atoms with Gasteiger partial charge in [0.05, 0.1) is 12.2 Å². The molecule has 7 nitrogen and oxygen atoms in total. The van der Waals surface area contributed by atoms with Crippen molar-refractivity contribution in [2.45, 2.75) is 96.2 Å². The minimum atomic E-state index is -0.267. The topological polar surface area (TPSA) is 70.8 Å². The zero-order valence-electron chi connectivity index (χ0n) is 27.6. The van der Waals surface area contributed by atoms with Crippen LogP contribution in [0.25, 0.3) is 11.5 Å². The molecule has 2 atom stereocenters. The lowest BCUT2D eigenvalue weighted by Gasteiger charge is -2.43. The monoisotopic (exact) mass is 620 g/mol. The van der Waals surface area contributed by atoms with Gasteiger partial charge >= 0.3 is 0 Å². The van der Waals surface area contributed by atoms with Gasteiger partial charge in [-0.3, -0.25) is 9.52 Å². The molecule has 1 aromatic heterocycles. The molecule has 44 heavy (non-hydrogen) atoms. The van der Waals surface area contributed by atoms with Gasteiger partial charge in [0.2, 0.25) is 11.8 Å². The van der Waals surface area contributed by atoms with Gasteiger partial charge in [0, 0.05) is 43.1 Å². The van der Waals surface area contributed by atoms with E-state index in [2.05, 4.69) is 63.5 Å². The van der Waals surface area contributed by atoms with Gasteiger partial charge in [-0.15, -0.1) is 0 Å². The molecular formula is C36H52N4O3S. The number of rotatable bonds is 7. The van der Waals surface area contributed by atoms with E-state index >= 15 is 0 Å². The molecular weight excluding hydrogens is 568 g/mol. The zero-order chi connectivity index (χ0) is 32.1. The number of oxazole rings is 1. The predicted molar refractivity (Wildman–Crippen MR) is 184 cm³/mol. The lowest BCUT2D eigenvalue weighted by atomic mass is 9.96. The van der Waals surface area contributed by atoms with Crippen molar-refractivity contribution in [1.29, 1.82) is 0 Å². The van der Waals surface area contributed by atoms with E-state index in [1.54, 1.807) is 19.4 Å². The van der Waals surface area contributed by atoms with Crippen LogP contribution in [0.3, 0.4) is 0 Å². The molecule has 1 N–H and O–H groups in total. The third-order valence-electron chi connectivity index (χ3n) is 7.48. The number of ether oxygens (including phenoxy) is 1. The second-order valence-electron chi connectivity index (χ2n) is 11.9. The van der Waals surface area contributed by atoms with Crippen molar-refractivity contribution in [2.24, 2.45) is 0 Å². The largest absolute Gasteiger partial charge is 0.474 e. The molecule has 240 valence electrons. The van der Waals surface area contributed by atoms with E-state index in [0.717, 1.165) is 17.7 Å². The Kier molecular flexibility index (Phi) is 13.7. The van der Waals surface area contributed by atoms with Gasteiger partial charge in [0.25, 0.3) is 0 Å². The molecule has 1 unspecified atom stereocenters. The highest BCUT2D eigenvalue weighted by Gasteiger charge is 2.31. The first kappa shape index (κ1) is 35.1. The minimum absolute atomic E-state index is 0.0350. The van der Waals surface area contributed by atoms with Crippen molar-refractivity contribution in [1.82, 2.24) is 19.5 Å². The number of benzene rings is 2. The van der Waals surface area contributed by atoms with Gasteiger partial charge in [-0.2, -0.15) is 0 Å². The highest BCUT2D eigenvalue weighted by atomic mass is 32.2. The Bertz CT molecular complexity index is 1300. The van der Waals surface area contributed by atoms with E-state index in [1.165, 1.54) is 37.0 Å². The Hall–Kier alpha value is -3.36. The fourth-order valence-corrected chi connectivity index (χ4v) is 6.62. The molecule has 2 aromatic carbocycles. The normalized spacial score (nSPS) is 17.8. The van der Waals surface area contributed by atoms with Crippen LogP contribution in [0.2, 0.25) is 0 Å². The van der Waals surface area contributed by atoms with Gasteiger partial charge in [-0.05, 0) is 70.0 Å². The highest BCUT2D eigenvalue weighted by Crippen LogP contribution is 2.29. The van der Waals surface area contributed by atoms with E-state index < -0.39 is 0 Å². The first-order chi connectivity index (χ1) is 21.1. The average molecular weight is 621 g/mol. The molecule has 0 bridgehead atoms. The number of nitrogens with one attached hydrogen (secondary N) is 1. The highest BCUT2D eigenvalue weighted by molar-refractivity contribution is 8.12. The Balaban J connectivity index is 0.000000228.